The first kappa shape index (κ1) is 15.0. The van der Waals surface area contributed by atoms with Crippen molar-refractivity contribution in [2.24, 2.45) is 5.92 Å². The van der Waals surface area contributed by atoms with Gasteiger partial charge < -0.3 is 9.84 Å². The topological polar surface area (TPSA) is 46.8 Å². The van der Waals surface area contributed by atoms with Crippen LogP contribution in [0.15, 0.2) is 17.8 Å². The quantitative estimate of drug-likeness (QED) is 0.891. The largest absolute Gasteiger partial charge is 0.390 e. The smallest absolute Gasteiger partial charge is 0.193 e. The van der Waals surface area contributed by atoms with Gasteiger partial charge in [-0.3, -0.25) is 4.40 Å². The highest BCUT2D eigenvalue weighted by molar-refractivity contribution is 7.15. The van der Waals surface area contributed by atoms with E-state index >= 15 is 0 Å². The monoisotopic (exact) mass is 308 g/mol. The number of ether oxygens (including phenoxy) is 1. The van der Waals surface area contributed by atoms with E-state index in [0.717, 1.165) is 10.7 Å². The van der Waals surface area contributed by atoms with E-state index < -0.39 is 6.10 Å². The van der Waals surface area contributed by atoms with Gasteiger partial charge in [-0.05, 0) is 25.7 Å². The molecule has 1 aliphatic carbocycles. The van der Waals surface area contributed by atoms with E-state index in [0.29, 0.717) is 18.9 Å². The van der Waals surface area contributed by atoms with Crippen LogP contribution >= 0.6 is 11.3 Å². The molecule has 1 N–H and O–H groups in total. The summed E-state index contributed by atoms with van der Waals surface area (Å²) in [5, 5.41) is 12.7. The standard InChI is InChI=1S/C16H24N2O2S/c1-2-20-15(12-6-4-3-5-7-12)14(19)10-13-11-18-8-9-21-16(18)17-13/h8-9,11-12,14-15,19H,2-7,10H2,1H3. The van der Waals surface area contributed by atoms with E-state index in [2.05, 4.69) is 4.98 Å². The molecule has 1 aliphatic rings. The number of rotatable bonds is 6. The lowest BCUT2D eigenvalue weighted by Crippen LogP contribution is -2.38. The van der Waals surface area contributed by atoms with Crippen molar-refractivity contribution >= 4 is 16.3 Å². The average Bonchev–Trinajstić information content (AvgIpc) is 3.06. The zero-order chi connectivity index (χ0) is 14.7. The summed E-state index contributed by atoms with van der Waals surface area (Å²) in [5.41, 5.74) is 0.954. The predicted molar refractivity (Wildman–Crippen MR) is 84.8 cm³/mol. The number of imidazole rings is 1. The van der Waals surface area contributed by atoms with Gasteiger partial charge in [-0.25, -0.2) is 4.98 Å². The summed E-state index contributed by atoms with van der Waals surface area (Å²) in [5.74, 6) is 0.498. The lowest BCUT2D eigenvalue weighted by molar-refractivity contribution is -0.0718. The number of fused-ring (bicyclic) bond motifs is 1. The minimum absolute atomic E-state index is 0.0463. The van der Waals surface area contributed by atoms with Crippen LogP contribution in [0.5, 0.6) is 0 Å². The Hall–Kier alpha value is -0.910. The Morgan fingerprint density at radius 2 is 2.24 bits per heavy atom. The minimum atomic E-state index is -0.461. The Kier molecular flexibility index (Phi) is 4.93. The maximum Gasteiger partial charge on any atom is 0.193 e. The minimum Gasteiger partial charge on any atom is -0.390 e. The van der Waals surface area contributed by atoms with E-state index in [9.17, 15) is 5.11 Å². The molecule has 0 spiro atoms. The molecule has 2 aromatic heterocycles. The van der Waals surface area contributed by atoms with Gasteiger partial charge in [0.2, 0.25) is 0 Å². The van der Waals surface area contributed by atoms with E-state index in [1.807, 2.05) is 29.1 Å². The molecule has 2 unspecified atom stereocenters. The molecule has 0 bridgehead atoms. The molecule has 0 radical (unpaired) electrons. The van der Waals surface area contributed by atoms with Crippen LogP contribution in [0, 0.1) is 5.92 Å². The molecule has 0 saturated heterocycles. The molecule has 3 rings (SSSR count). The fourth-order valence-corrected chi connectivity index (χ4v) is 4.14. The highest BCUT2D eigenvalue weighted by atomic mass is 32.1. The molecular weight excluding hydrogens is 284 g/mol. The Balaban J connectivity index is 1.67. The predicted octanol–water partition coefficient (Wildman–Crippen LogP) is 3.28. The number of aliphatic hydroxyl groups is 1. The fourth-order valence-electron chi connectivity index (χ4n) is 3.42. The van der Waals surface area contributed by atoms with Crippen LogP contribution in [0.3, 0.4) is 0 Å². The van der Waals surface area contributed by atoms with Crippen LogP contribution in [-0.2, 0) is 11.2 Å². The Bertz CT molecular complexity index is 531. The van der Waals surface area contributed by atoms with Crippen molar-refractivity contribution in [3.05, 3.63) is 23.5 Å². The van der Waals surface area contributed by atoms with Gasteiger partial charge in [0.15, 0.2) is 4.96 Å². The van der Waals surface area contributed by atoms with Gasteiger partial charge in [0, 0.05) is 30.8 Å². The molecule has 2 atom stereocenters. The Morgan fingerprint density at radius 1 is 1.43 bits per heavy atom. The van der Waals surface area contributed by atoms with Gasteiger partial charge in [-0.15, -0.1) is 11.3 Å². The molecule has 0 amide bonds. The second-order valence-corrected chi connectivity index (χ2v) is 6.79. The summed E-state index contributed by atoms with van der Waals surface area (Å²) in [6.07, 6.45) is 10.3. The summed E-state index contributed by atoms with van der Waals surface area (Å²) in [4.78, 5) is 5.56. The summed E-state index contributed by atoms with van der Waals surface area (Å²) in [7, 11) is 0. The first-order valence-electron chi connectivity index (χ1n) is 7.98. The molecule has 5 heteroatoms. The second-order valence-electron chi connectivity index (χ2n) is 5.91. The zero-order valence-corrected chi connectivity index (χ0v) is 13.4. The number of aromatic nitrogens is 2. The zero-order valence-electron chi connectivity index (χ0n) is 12.6. The third kappa shape index (κ3) is 3.47. The lowest BCUT2D eigenvalue weighted by atomic mass is 9.82. The van der Waals surface area contributed by atoms with E-state index in [1.54, 1.807) is 11.3 Å². The van der Waals surface area contributed by atoms with Crippen molar-refractivity contribution < 1.29 is 9.84 Å². The molecule has 1 saturated carbocycles. The molecular formula is C16H24N2O2S. The molecule has 0 aromatic carbocycles. The number of thiazole rings is 1. The third-order valence-corrected chi connectivity index (χ3v) is 5.18. The molecule has 1 fully saturated rings. The van der Waals surface area contributed by atoms with Gasteiger partial charge in [0.1, 0.15) is 0 Å². The van der Waals surface area contributed by atoms with Crippen LogP contribution < -0.4 is 0 Å². The highest BCUT2D eigenvalue weighted by Gasteiger charge is 2.30. The van der Waals surface area contributed by atoms with Gasteiger partial charge >= 0.3 is 0 Å². The van der Waals surface area contributed by atoms with Crippen molar-refractivity contribution in [2.75, 3.05) is 6.61 Å². The first-order valence-corrected chi connectivity index (χ1v) is 8.86. The van der Waals surface area contributed by atoms with Crippen LogP contribution in [0.1, 0.15) is 44.7 Å². The highest BCUT2D eigenvalue weighted by Crippen LogP contribution is 2.30. The van der Waals surface area contributed by atoms with Crippen molar-refractivity contribution in [2.45, 2.75) is 57.7 Å². The third-order valence-electron chi connectivity index (χ3n) is 4.41. The summed E-state index contributed by atoms with van der Waals surface area (Å²) in [6.45, 7) is 2.67. The van der Waals surface area contributed by atoms with E-state index in [1.165, 1.54) is 32.1 Å². The molecule has 4 nitrogen and oxygen atoms in total. The Labute approximate surface area is 129 Å². The van der Waals surface area contributed by atoms with Gasteiger partial charge in [0.25, 0.3) is 0 Å². The summed E-state index contributed by atoms with van der Waals surface area (Å²) >= 11 is 1.62. The number of aliphatic hydroxyl groups excluding tert-OH is 1. The van der Waals surface area contributed by atoms with Crippen molar-refractivity contribution in [3.8, 4) is 0 Å². The number of hydrogen-bond acceptors (Lipinski definition) is 4. The van der Waals surface area contributed by atoms with Crippen LogP contribution in [0.25, 0.3) is 4.96 Å². The molecule has 2 aromatic rings. The van der Waals surface area contributed by atoms with Gasteiger partial charge in [-0.2, -0.15) is 0 Å². The normalized spacial score (nSPS) is 19.9. The van der Waals surface area contributed by atoms with Crippen LogP contribution in [0.4, 0.5) is 0 Å². The first-order chi connectivity index (χ1) is 10.3. The number of hydrogen-bond donors (Lipinski definition) is 1. The van der Waals surface area contributed by atoms with Crippen molar-refractivity contribution in [1.82, 2.24) is 9.38 Å². The van der Waals surface area contributed by atoms with Gasteiger partial charge in [0.05, 0.1) is 17.9 Å². The maximum absolute atomic E-state index is 10.6. The SMILES string of the molecule is CCOC(C(O)Cc1cn2ccsc2n1)C1CCCCC1. The molecule has 21 heavy (non-hydrogen) atoms. The summed E-state index contributed by atoms with van der Waals surface area (Å²) < 4.78 is 7.91. The van der Waals surface area contributed by atoms with Crippen molar-refractivity contribution in [3.63, 3.8) is 0 Å². The van der Waals surface area contributed by atoms with E-state index in [4.69, 9.17) is 4.74 Å². The molecule has 0 aliphatic heterocycles. The second kappa shape index (κ2) is 6.90. The van der Waals surface area contributed by atoms with Gasteiger partial charge in [-0.1, -0.05) is 19.3 Å². The molecule has 2 heterocycles. The lowest BCUT2D eigenvalue weighted by Gasteiger charge is -2.33. The fraction of sp³-hybridized carbons (Fsp3) is 0.688. The van der Waals surface area contributed by atoms with E-state index in [-0.39, 0.29) is 6.10 Å². The summed E-state index contributed by atoms with van der Waals surface area (Å²) in [6, 6.07) is 0. The Morgan fingerprint density at radius 3 is 2.95 bits per heavy atom. The average molecular weight is 308 g/mol. The van der Waals surface area contributed by atoms with Crippen LogP contribution in [0.2, 0.25) is 0 Å². The molecule has 116 valence electrons. The van der Waals surface area contributed by atoms with Crippen LogP contribution in [-0.4, -0.2) is 33.3 Å². The van der Waals surface area contributed by atoms with Crippen molar-refractivity contribution in [1.29, 1.82) is 0 Å². The maximum atomic E-state index is 10.6. The number of nitrogens with zero attached hydrogens (tertiary/aromatic N) is 2.